The van der Waals surface area contributed by atoms with Gasteiger partial charge in [0, 0.05) is 36.9 Å². The van der Waals surface area contributed by atoms with Crippen molar-refractivity contribution in [3.05, 3.63) is 71.9 Å². The Morgan fingerprint density at radius 2 is 1.26 bits per heavy atom. The van der Waals surface area contributed by atoms with E-state index in [9.17, 15) is 43.8 Å². The van der Waals surface area contributed by atoms with Crippen molar-refractivity contribution >= 4 is 52.4 Å². The van der Waals surface area contributed by atoms with Crippen LogP contribution in [0.3, 0.4) is 0 Å². The molecule has 1 heterocycles. The molecule has 0 aliphatic carbocycles. The molecule has 5 amide bonds. The molecule has 0 spiro atoms. The number of carboxylic acids is 2. The monoisotopic (exact) mass is 734 g/mol. The van der Waals surface area contributed by atoms with Crippen LogP contribution >= 0.6 is 0 Å². The molecule has 3 rings (SSSR count). The minimum absolute atomic E-state index is 0.0545. The number of carboxylic acid groups (broad SMARTS) is 2. The number of aromatic nitrogens is 1. The zero-order valence-corrected chi connectivity index (χ0v) is 30.6. The number of hydrogen-bond acceptors (Lipinski definition) is 7. The Bertz CT molecular complexity index is 1760. The summed E-state index contributed by atoms with van der Waals surface area (Å²) in [7, 11) is 0. The Balaban J connectivity index is 1.79. The van der Waals surface area contributed by atoms with Gasteiger partial charge in [0.1, 0.15) is 30.2 Å². The van der Waals surface area contributed by atoms with E-state index >= 15 is 0 Å². The minimum Gasteiger partial charge on any atom is -0.481 e. The summed E-state index contributed by atoms with van der Waals surface area (Å²) in [6.45, 7) is 8.30. The van der Waals surface area contributed by atoms with E-state index in [0.717, 1.165) is 16.5 Å². The lowest BCUT2D eigenvalue weighted by Gasteiger charge is -2.28. The van der Waals surface area contributed by atoms with E-state index in [1.807, 2.05) is 24.3 Å². The summed E-state index contributed by atoms with van der Waals surface area (Å²) in [6.07, 6.45) is 1.39. The summed E-state index contributed by atoms with van der Waals surface area (Å²) < 4.78 is 0. The normalized spacial score (nSPS) is 14.5. The molecular formula is C38H50N6O9. The molecule has 286 valence electrons. The molecule has 6 atom stereocenters. The molecule has 0 bridgehead atoms. The maximum Gasteiger partial charge on any atom is 0.326 e. The zero-order valence-electron chi connectivity index (χ0n) is 30.6. The van der Waals surface area contributed by atoms with Crippen LogP contribution in [0.15, 0.2) is 60.8 Å². The van der Waals surface area contributed by atoms with E-state index in [1.54, 1.807) is 64.2 Å². The third kappa shape index (κ3) is 12.8. The number of para-hydroxylation sites is 1. The molecule has 15 heteroatoms. The van der Waals surface area contributed by atoms with Crippen molar-refractivity contribution in [2.24, 2.45) is 11.8 Å². The molecule has 0 aliphatic heterocycles. The number of nitrogens with one attached hydrogen (secondary N) is 6. The second-order valence-electron chi connectivity index (χ2n) is 13.6. The number of rotatable bonds is 20. The average molecular weight is 735 g/mol. The van der Waals surface area contributed by atoms with Gasteiger partial charge in [-0.05, 0) is 35.4 Å². The molecule has 0 saturated heterocycles. The van der Waals surface area contributed by atoms with E-state index in [-0.39, 0.29) is 25.2 Å². The van der Waals surface area contributed by atoms with Crippen molar-refractivity contribution in [2.75, 3.05) is 0 Å². The van der Waals surface area contributed by atoms with E-state index in [1.165, 1.54) is 6.92 Å². The van der Waals surface area contributed by atoms with Crippen LogP contribution in [0.1, 0.15) is 65.0 Å². The molecular weight excluding hydrogens is 684 g/mol. The third-order valence-electron chi connectivity index (χ3n) is 8.84. The van der Waals surface area contributed by atoms with E-state index < -0.39 is 84.0 Å². The van der Waals surface area contributed by atoms with Crippen LogP contribution in [0.25, 0.3) is 10.9 Å². The third-order valence-corrected chi connectivity index (χ3v) is 8.84. The summed E-state index contributed by atoms with van der Waals surface area (Å²) in [5, 5.41) is 33.2. The number of carbonyl (C=O) groups excluding carboxylic acids is 5. The van der Waals surface area contributed by atoms with Crippen LogP contribution < -0.4 is 26.6 Å². The zero-order chi connectivity index (χ0) is 39.2. The fraction of sp³-hybridized carbons (Fsp3) is 0.447. The predicted octanol–water partition coefficient (Wildman–Crippen LogP) is 2.05. The van der Waals surface area contributed by atoms with Crippen molar-refractivity contribution in [3.63, 3.8) is 0 Å². The Hall–Kier alpha value is -5.73. The molecule has 8 N–H and O–H groups in total. The quantitative estimate of drug-likeness (QED) is 0.0847. The van der Waals surface area contributed by atoms with Gasteiger partial charge < -0.3 is 41.8 Å². The highest BCUT2D eigenvalue weighted by Gasteiger charge is 2.35. The van der Waals surface area contributed by atoms with Crippen LogP contribution in [-0.2, 0) is 46.4 Å². The van der Waals surface area contributed by atoms with Gasteiger partial charge >= 0.3 is 11.9 Å². The first-order valence-electron chi connectivity index (χ1n) is 17.6. The van der Waals surface area contributed by atoms with Gasteiger partial charge in [-0.25, -0.2) is 4.79 Å². The molecule has 0 fully saturated rings. The first-order chi connectivity index (χ1) is 25.1. The van der Waals surface area contributed by atoms with Gasteiger partial charge in [-0.2, -0.15) is 0 Å². The number of aromatic amines is 1. The smallest absolute Gasteiger partial charge is 0.326 e. The molecule has 3 aromatic rings. The summed E-state index contributed by atoms with van der Waals surface area (Å²) in [5.41, 5.74) is 2.22. The molecule has 15 nitrogen and oxygen atoms in total. The number of amides is 5. The SMILES string of the molecule is CC[C@@H](C)[C@H](NC(=O)[C@H](CC(=O)O)NC(=O)[C@H](CC(C)C)NC(=O)[C@@H](Cc1ccccc1)NC(C)=O)C(=O)N[C@@H](Cc1c[nH]c2ccccc12)C(=O)O. The second kappa shape index (κ2) is 19.8. The van der Waals surface area contributed by atoms with Gasteiger partial charge in [-0.1, -0.05) is 82.6 Å². The van der Waals surface area contributed by atoms with E-state index in [2.05, 4.69) is 31.6 Å². The Labute approximate surface area is 308 Å². The Morgan fingerprint density at radius 3 is 1.87 bits per heavy atom. The maximum atomic E-state index is 13.7. The standard InChI is InChI=1S/C38H50N6O9/c1-6-22(4)33(37(51)43-31(38(52)53)18-25-20-39-27-15-11-10-14-26(25)27)44-36(50)30(19-32(46)47)42-34(48)28(16-21(2)3)41-35(49)29(40-23(5)45)17-24-12-8-7-9-13-24/h7-15,20-22,28-31,33,39H,6,16-19H2,1-5H3,(H,40,45)(H,41,49)(H,42,48)(H,43,51)(H,44,50)(H,46,47)(H,52,53)/t22-,28+,29-,30+,31+,33+/m1/s1. The van der Waals surface area contributed by atoms with Crippen LogP contribution in [0, 0.1) is 11.8 Å². The number of hydrogen-bond donors (Lipinski definition) is 8. The van der Waals surface area contributed by atoms with Crippen LogP contribution in [0.5, 0.6) is 0 Å². The number of carbonyl (C=O) groups is 7. The van der Waals surface area contributed by atoms with E-state index in [0.29, 0.717) is 12.0 Å². The van der Waals surface area contributed by atoms with Gasteiger partial charge in [0.25, 0.3) is 0 Å². The molecule has 1 aromatic heterocycles. The highest BCUT2D eigenvalue weighted by atomic mass is 16.4. The van der Waals surface area contributed by atoms with Crippen LogP contribution in [0.2, 0.25) is 0 Å². The maximum absolute atomic E-state index is 13.7. The molecule has 53 heavy (non-hydrogen) atoms. The molecule has 0 radical (unpaired) electrons. The van der Waals surface area contributed by atoms with Crippen molar-refractivity contribution in [3.8, 4) is 0 Å². The lowest BCUT2D eigenvalue weighted by molar-refractivity contribution is -0.143. The first-order valence-corrected chi connectivity index (χ1v) is 17.6. The van der Waals surface area contributed by atoms with Crippen molar-refractivity contribution in [2.45, 2.75) is 96.9 Å². The van der Waals surface area contributed by atoms with Crippen molar-refractivity contribution in [1.82, 2.24) is 31.6 Å². The summed E-state index contributed by atoms with van der Waals surface area (Å²) in [5.74, 6) is -7.11. The molecule has 0 saturated carbocycles. The van der Waals surface area contributed by atoms with Gasteiger partial charge in [0.15, 0.2) is 0 Å². The van der Waals surface area contributed by atoms with Crippen LogP contribution in [0.4, 0.5) is 0 Å². The van der Waals surface area contributed by atoms with Gasteiger partial charge in [-0.15, -0.1) is 0 Å². The minimum atomic E-state index is -1.66. The topological polar surface area (TPSA) is 236 Å². The van der Waals surface area contributed by atoms with Crippen molar-refractivity contribution < 1.29 is 43.8 Å². The Kier molecular flexibility index (Phi) is 15.5. The number of H-pyrrole nitrogens is 1. The van der Waals surface area contributed by atoms with Crippen LogP contribution in [-0.4, -0.2) is 86.9 Å². The first kappa shape index (κ1) is 41.7. The lowest BCUT2D eigenvalue weighted by atomic mass is 9.96. The van der Waals surface area contributed by atoms with Crippen molar-refractivity contribution in [1.29, 1.82) is 0 Å². The van der Waals surface area contributed by atoms with E-state index in [4.69, 9.17) is 0 Å². The summed E-state index contributed by atoms with van der Waals surface area (Å²) in [4.78, 5) is 93.5. The number of fused-ring (bicyclic) bond motifs is 1. The number of aliphatic carboxylic acids is 2. The van der Waals surface area contributed by atoms with Gasteiger partial charge in [0.05, 0.1) is 6.42 Å². The molecule has 0 unspecified atom stereocenters. The van der Waals surface area contributed by atoms with Gasteiger partial charge in [0.2, 0.25) is 29.5 Å². The lowest BCUT2D eigenvalue weighted by Crippen LogP contribution is -2.60. The highest BCUT2D eigenvalue weighted by molar-refractivity contribution is 5.97. The second-order valence-corrected chi connectivity index (χ2v) is 13.6. The van der Waals surface area contributed by atoms with Gasteiger partial charge in [-0.3, -0.25) is 28.8 Å². The summed E-state index contributed by atoms with van der Waals surface area (Å²) >= 11 is 0. The number of benzene rings is 2. The largest absolute Gasteiger partial charge is 0.481 e. The molecule has 2 aromatic carbocycles. The predicted molar refractivity (Wildman–Crippen MR) is 196 cm³/mol. The fourth-order valence-corrected chi connectivity index (χ4v) is 5.87. The average Bonchev–Trinajstić information content (AvgIpc) is 3.51. The highest BCUT2D eigenvalue weighted by Crippen LogP contribution is 2.20. The summed E-state index contributed by atoms with van der Waals surface area (Å²) in [6, 6.07) is 9.69. The molecule has 0 aliphatic rings. The Morgan fingerprint density at radius 1 is 0.679 bits per heavy atom. The fourth-order valence-electron chi connectivity index (χ4n) is 5.87.